The van der Waals surface area contributed by atoms with Crippen LogP contribution in [0, 0.1) is 0 Å². The summed E-state index contributed by atoms with van der Waals surface area (Å²) in [7, 11) is 0. The van der Waals surface area contributed by atoms with Crippen LogP contribution in [0.15, 0.2) is 36.4 Å². The zero-order valence-electron chi connectivity index (χ0n) is 9.87. The van der Waals surface area contributed by atoms with Gasteiger partial charge in [0.15, 0.2) is 0 Å². The van der Waals surface area contributed by atoms with E-state index >= 15 is 0 Å². The van der Waals surface area contributed by atoms with Gasteiger partial charge in [-0.25, -0.2) is 4.98 Å². The average molecular weight is 282 g/mol. The van der Waals surface area contributed by atoms with Gasteiger partial charge in [-0.3, -0.25) is 0 Å². The number of benzene rings is 1. The average Bonchev–Trinajstić information content (AvgIpc) is 2.36. The van der Waals surface area contributed by atoms with Crippen molar-refractivity contribution in [2.45, 2.75) is 6.92 Å². The SMILES string of the molecule is CCNc1cccc(Nc2cccc(Cl)c2Cl)n1. The molecule has 0 amide bonds. The van der Waals surface area contributed by atoms with E-state index in [0.717, 1.165) is 23.9 Å². The molecular weight excluding hydrogens is 269 g/mol. The van der Waals surface area contributed by atoms with Crippen LogP contribution in [0.1, 0.15) is 6.92 Å². The van der Waals surface area contributed by atoms with Crippen LogP contribution in [-0.2, 0) is 0 Å². The second-order valence-corrected chi connectivity index (χ2v) is 4.45. The Kier molecular flexibility index (Phi) is 4.28. The lowest BCUT2D eigenvalue weighted by molar-refractivity contribution is 1.16. The maximum Gasteiger partial charge on any atom is 0.132 e. The Labute approximate surface area is 116 Å². The van der Waals surface area contributed by atoms with E-state index in [-0.39, 0.29) is 0 Å². The predicted octanol–water partition coefficient (Wildman–Crippen LogP) is 4.56. The van der Waals surface area contributed by atoms with Gasteiger partial charge in [-0.2, -0.15) is 0 Å². The molecule has 0 saturated heterocycles. The van der Waals surface area contributed by atoms with E-state index < -0.39 is 0 Å². The summed E-state index contributed by atoms with van der Waals surface area (Å²) in [5.74, 6) is 1.54. The number of pyridine rings is 1. The first kappa shape index (κ1) is 13.0. The maximum absolute atomic E-state index is 6.11. The highest BCUT2D eigenvalue weighted by molar-refractivity contribution is 6.43. The van der Waals surface area contributed by atoms with Crippen molar-refractivity contribution in [3.05, 3.63) is 46.4 Å². The number of aromatic nitrogens is 1. The van der Waals surface area contributed by atoms with E-state index in [9.17, 15) is 0 Å². The molecule has 0 aliphatic carbocycles. The highest BCUT2D eigenvalue weighted by Gasteiger charge is 2.05. The van der Waals surface area contributed by atoms with Crippen molar-refractivity contribution in [2.24, 2.45) is 0 Å². The number of hydrogen-bond acceptors (Lipinski definition) is 3. The van der Waals surface area contributed by atoms with Gasteiger partial charge in [0.1, 0.15) is 11.6 Å². The number of nitrogens with zero attached hydrogens (tertiary/aromatic N) is 1. The summed E-state index contributed by atoms with van der Waals surface area (Å²) in [6.45, 7) is 2.85. The Hall–Kier alpha value is -1.45. The molecule has 0 saturated carbocycles. The van der Waals surface area contributed by atoms with E-state index in [1.54, 1.807) is 6.07 Å². The second-order valence-electron chi connectivity index (χ2n) is 3.66. The molecule has 0 bridgehead atoms. The van der Waals surface area contributed by atoms with E-state index in [1.165, 1.54) is 0 Å². The largest absolute Gasteiger partial charge is 0.370 e. The summed E-state index contributed by atoms with van der Waals surface area (Å²) >= 11 is 12.1. The molecule has 0 atom stereocenters. The van der Waals surface area contributed by atoms with Crippen molar-refractivity contribution in [3.63, 3.8) is 0 Å². The molecule has 0 spiro atoms. The van der Waals surface area contributed by atoms with Crippen LogP contribution in [0.5, 0.6) is 0 Å². The summed E-state index contributed by atoms with van der Waals surface area (Å²) in [6.07, 6.45) is 0. The van der Waals surface area contributed by atoms with Crippen molar-refractivity contribution < 1.29 is 0 Å². The Morgan fingerprint density at radius 2 is 1.78 bits per heavy atom. The summed E-state index contributed by atoms with van der Waals surface area (Å²) < 4.78 is 0. The molecule has 0 aliphatic rings. The minimum atomic E-state index is 0.495. The number of anilines is 3. The topological polar surface area (TPSA) is 37.0 Å². The van der Waals surface area contributed by atoms with Gasteiger partial charge in [0.25, 0.3) is 0 Å². The fourth-order valence-corrected chi connectivity index (χ4v) is 1.87. The predicted molar refractivity (Wildman–Crippen MR) is 78.1 cm³/mol. The van der Waals surface area contributed by atoms with Crippen LogP contribution >= 0.6 is 23.2 Å². The first-order chi connectivity index (χ1) is 8.70. The fraction of sp³-hybridized carbons (Fsp3) is 0.154. The molecule has 0 fully saturated rings. The Morgan fingerprint density at radius 1 is 1.06 bits per heavy atom. The van der Waals surface area contributed by atoms with Gasteiger partial charge in [0, 0.05) is 6.54 Å². The molecule has 2 rings (SSSR count). The maximum atomic E-state index is 6.11. The Morgan fingerprint density at radius 3 is 2.56 bits per heavy atom. The minimum Gasteiger partial charge on any atom is -0.370 e. The third kappa shape index (κ3) is 3.06. The molecule has 1 aromatic heterocycles. The highest BCUT2D eigenvalue weighted by Crippen LogP contribution is 2.31. The number of halogens is 2. The quantitative estimate of drug-likeness (QED) is 0.862. The van der Waals surface area contributed by atoms with Crippen molar-refractivity contribution in [1.29, 1.82) is 0 Å². The fourth-order valence-electron chi connectivity index (χ4n) is 1.52. The molecule has 5 heteroatoms. The molecule has 94 valence electrons. The molecule has 0 unspecified atom stereocenters. The van der Waals surface area contributed by atoms with Crippen LogP contribution in [0.4, 0.5) is 17.3 Å². The molecule has 0 aliphatic heterocycles. The highest BCUT2D eigenvalue weighted by atomic mass is 35.5. The first-order valence-electron chi connectivity index (χ1n) is 5.62. The Bertz CT molecular complexity index is 544. The van der Waals surface area contributed by atoms with Gasteiger partial charge in [-0.15, -0.1) is 0 Å². The monoisotopic (exact) mass is 281 g/mol. The summed E-state index contributed by atoms with van der Waals surface area (Å²) in [5, 5.41) is 7.31. The summed E-state index contributed by atoms with van der Waals surface area (Å²) in [6, 6.07) is 11.1. The molecule has 1 aromatic carbocycles. The zero-order chi connectivity index (χ0) is 13.0. The third-order valence-corrected chi connectivity index (χ3v) is 3.14. The van der Waals surface area contributed by atoms with Crippen LogP contribution in [0.3, 0.4) is 0 Å². The molecule has 18 heavy (non-hydrogen) atoms. The van der Waals surface area contributed by atoms with Gasteiger partial charge in [0.2, 0.25) is 0 Å². The molecular formula is C13H13Cl2N3. The van der Waals surface area contributed by atoms with Crippen molar-refractivity contribution in [2.75, 3.05) is 17.2 Å². The lowest BCUT2D eigenvalue weighted by Gasteiger charge is -2.10. The molecule has 1 heterocycles. The lowest BCUT2D eigenvalue weighted by Crippen LogP contribution is -2.01. The molecule has 2 aromatic rings. The number of nitrogens with one attached hydrogen (secondary N) is 2. The van der Waals surface area contributed by atoms with E-state index in [2.05, 4.69) is 15.6 Å². The number of hydrogen-bond donors (Lipinski definition) is 2. The van der Waals surface area contributed by atoms with E-state index in [1.807, 2.05) is 37.3 Å². The van der Waals surface area contributed by atoms with Crippen molar-refractivity contribution >= 4 is 40.5 Å². The molecule has 3 nitrogen and oxygen atoms in total. The smallest absolute Gasteiger partial charge is 0.132 e. The third-order valence-electron chi connectivity index (χ3n) is 2.32. The Balaban J connectivity index is 2.23. The lowest BCUT2D eigenvalue weighted by atomic mass is 10.3. The van der Waals surface area contributed by atoms with E-state index in [0.29, 0.717) is 10.0 Å². The van der Waals surface area contributed by atoms with E-state index in [4.69, 9.17) is 23.2 Å². The van der Waals surface area contributed by atoms with Gasteiger partial charge >= 0.3 is 0 Å². The molecule has 2 N–H and O–H groups in total. The van der Waals surface area contributed by atoms with Gasteiger partial charge in [-0.1, -0.05) is 35.3 Å². The standard InChI is InChI=1S/C13H13Cl2N3/c1-2-16-11-7-4-8-12(18-11)17-10-6-3-5-9(14)13(10)15/h3-8H,2H2,1H3,(H2,16,17,18). The van der Waals surface area contributed by atoms with Crippen LogP contribution in [-0.4, -0.2) is 11.5 Å². The van der Waals surface area contributed by atoms with Crippen LogP contribution < -0.4 is 10.6 Å². The van der Waals surface area contributed by atoms with Crippen molar-refractivity contribution in [3.8, 4) is 0 Å². The first-order valence-corrected chi connectivity index (χ1v) is 6.38. The van der Waals surface area contributed by atoms with Crippen LogP contribution in [0.2, 0.25) is 10.0 Å². The van der Waals surface area contributed by atoms with Gasteiger partial charge < -0.3 is 10.6 Å². The van der Waals surface area contributed by atoms with Crippen LogP contribution in [0.25, 0.3) is 0 Å². The summed E-state index contributed by atoms with van der Waals surface area (Å²) in [5.41, 5.74) is 0.741. The zero-order valence-corrected chi connectivity index (χ0v) is 11.4. The van der Waals surface area contributed by atoms with Crippen molar-refractivity contribution in [1.82, 2.24) is 4.98 Å². The summed E-state index contributed by atoms with van der Waals surface area (Å²) in [4.78, 5) is 4.40. The number of rotatable bonds is 4. The molecule has 0 radical (unpaired) electrons. The van der Waals surface area contributed by atoms with Gasteiger partial charge in [-0.05, 0) is 31.2 Å². The normalized spacial score (nSPS) is 10.2. The minimum absolute atomic E-state index is 0.495. The van der Waals surface area contributed by atoms with Gasteiger partial charge in [0.05, 0.1) is 15.7 Å². The second kappa shape index (κ2) is 5.94.